The summed E-state index contributed by atoms with van der Waals surface area (Å²) in [5.74, 6) is 0.706. The second-order valence-electron chi connectivity index (χ2n) is 7.58. The number of rotatable bonds is 6. The van der Waals surface area contributed by atoms with Crippen LogP contribution in [0.5, 0.6) is 0 Å². The SMILES string of the molecule is CC(C)Cc1ccc(CN2CCn3nc(CNC(=O)N(C)C)cc3C2)s1. The molecule has 1 aliphatic heterocycles. The van der Waals surface area contributed by atoms with E-state index in [4.69, 9.17) is 0 Å². The Bertz CT molecular complexity index is 749. The fraction of sp³-hybridized carbons (Fsp3) is 0.579. The number of hydrogen-bond acceptors (Lipinski definition) is 4. The van der Waals surface area contributed by atoms with Gasteiger partial charge in [0.1, 0.15) is 0 Å². The van der Waals surface area contributed by atoms with E-state index >= 15 is 0 Å². The van der Waals surface area contributed by atoms with E-state index in [1.165, 1.54) is 26.8 Å². The van der Waals surface area contributed by atoms with Gasteiger partial charge in [-0.15, -0.1) is 11.3 Å². The second kappa shape index (κ2) is 8.22. The van der Waals surface area contributed by atoms with Crippen LogP contribution in [0.15, 0.2) is 18.2 Å². The summed E-state index contributed by atoms with van der Waals surface area (Å²) in [4.78, 5) is 18.6. The maximum atomic E-state index is 11.7. The standard InChI is InChI=1S/C19H29N5OS/c1-14(2)9-17-5-6-18(26-17)13-23-7-8-24-16(12-23)10-15(21-24)11-20-19(25)22(3)4/h5-6,10,14H,7-9,11-13H2,1-4H3,(H,20,25). The van der Waals surface area contributed by atoms with Crippen molar-refractivity contribution in [2.45, 2.75) is 46.4 Å². The van der Waals surface area contributed by atoms with Gasteiger partial charge in [-0.3, -0.25) is 9.58 Å². The zero-order valence-electron chi connectivity index (χ0n) is 16.2. The zero-order chi connectivity index (χ0) is 18.7. The lowest BCUT2D eigenvalue weighted by Gasteiger charge is -2.26. The molecule has 0 unspecified atom stereocenters. The molecule has 0 fully saturated rings. The molecule has 0 saturated carbocycles. The highest BCUT2D eigenvalue weighted by molar-refractivity contribution is 7.11. The van der Waals surface area contributed by atoms with Crippen LogP contribution in [0, 0.1) is 5.92 Å². The van der Waals surface area contributed by atoms with Crippen LogP contribution in [0.4, 0.5) is 4.79 Å². The number of nitrogens with zero attached hydrogens (tertiary/aromatic N) is 4. The minimum atomic E-state index is -0.0903. The van der Waals surface area contributed by atoms with Gasteiger partial charge < -0.3 is 10.2 Å². The van der Waals surface area contributed by atoms with E-state index in [9.17, 15) is 4.79 Å². The molecule has 142 valence electrons. The van der Waals surface area contributed by atoms with Gasteiger partial charge in [0.05, 0.1) is 24.5 Å². The van der Waals surface area contributed by atoms with Gasteiger partial charge in [-0.1, -0.05) is 13.8 Å². The number of urea groups is 1. The Morgan fingerprint density at radius 1 is 1.31 bits per heavy atom. The van der Waals surface area contributed by atoms with Crippen LogP contribution in [-0.2, 0) is 32.6 Å². The molecule has 0 saturated heterocycles. The Morgan fingerprint density at radius 2 is 2.08 bits per heavy atom. The third-order valence-corrected chi connectivity index (χ3v) is 5.55. The summed E-state index contributed by atoms with van der Waals surface area (Å²) < 4.78 is 2.08. The molecule has 0 spiro atoms. The molecule has 6 nitrogen and oxygen atoms in total. The first-order chi connectivity index (χ1) is 12.4. The molecule has 2 aromatic rings. The molecule has 2 aromatic heterocycles. The number of aromatic nitrogens is 2. The quantitative estimate of drug-likeness (QED) is 0.845. The molecular formula is C19H29N5OS. The molecular weight excluding hydrogens is 346 g/mol. The van der Waals surface area contributed by atoms with Crippen molar-refractivity contribution in [1.29, 1.82) is 0 Å². The molecule has 0 radical (unpaired) electrons. The van der Waals surface area contributed by atoms with Gasteiger partial charge in [0.2, 0.25) is 0 Å². The van der Waals surface area contributed by atoms with Crippen molar-refractivity contribution in [1.82, 2.24) is 24.9 Å². The van der Waals surface area contributed by atoms with Gasteiger partial charge in [-0.25, -0.2) is 4.79 Å². The number of amides is 2. The van der Waals surface area contributed by atoms with E-state index in [-0.39, 0.29) is 6.03 Å². The highest BCUT2D eigenvalue weighted by Gasteiger charge is 2.19. The molecule has 0 aliphatic carbocycles. The lowest BCUT2D eigenvalue weighted by atomic mass is 10.1. The first-order valence-electron chi connectivity index (χ1n) is 9.21. The molecule has 1 N–H and O–H groups in total. The molecule has 0 atom stereocenters. The predicted octanol–water partition coefficient (Wildman–Crippen LogP) is 2.93. The second-order valence-corrected chi connectivity index (χ2v) is 8.83. The van der Waals surface area contributed by atoms with Crippen LogP contribution >= 0.6 is 11.3 Å². The molecule has 0 bridgehead atoms. The first kappa shape index (κ1) is 18.9. The van der Waals surface area contributed by atoms with Crippen molar-refractivity contribution in [2.24, 2.45) is 5.92 Å². The highest BCUT2D eigenvalue weighted by Crippen LogP contribution is 2.23. The van der Waals surface area contributed by atoms with E-state index < -0.39 is 0 Å². The minimum absolute atomic E-state index is 0.0903. The van der Waals surface area contributed by atoms with Crippen LogP contribution in [0.3, 0.4) is 0 Å². The summed E-state index contributed by atoms with van der Waals surface area (Å²) in [6.07, 6.45) is 1.17. The summed E-state index contributed by atoms with van der Waals surface area (Å²) >= 11 is 1.94. The summed E-state index contributed by atoms with van der Waals surface area (Å²) in [6.45, 7) is 8.83. The summed E-state index contributed by atoms with van der Waals surface area (Å²) in [5, 5.41) is 7.50. The molecule has 26 heavy (non-hydrogen) atoms. The topological polar surface area (TPSA) is 53.4 Å². The van der Waals surface area contributed by atoms with Crippen LogP contribution in [-0.4, -0.2) is 46.3 Å². The van der Waals surface area contributed by atoms with Crippen LogP contribution in [0.1, 0.15) is 35.0 Å². The van der Waals surface area contributed by atoms with Crippen molar-refractivity contribution in [3.8, 4) is 0 Å². The fourth-order valence-electron chi connectivity index (χ4n) is 3.17. The maximum Gasteiger partial charge on any atom is 0.317 e. The molecule has 0 aromatic carbocycles. The first-order valence-corrected chi connectivity index (χ1v) is 10.0. The van der Waals surface area contributed by atoms with E-state index in [2.05, 4.69) is 52.0 Å². The van der Waals surface area contributed by atoms with Gasteiger partial charge >= 0.3 is 6.03 Å². The van der Waals surface area contributed by atoms with Crippen molar-refractivity contribution in [3.05, 3.63) is 39.3 Å². The van der Waals surface area contributed by atoms with Crippen LogP contribution in [0.25, 0.3) is 0 Å². The summed E-state index contributed by atoms with van der Waals surface area (Å²) in [7, 11) is 3.48. The Labute approximate surface area is 159 Å². The van der Waals surface area contributed by atoms with Gasteiger partial charge in [-0.05, 0) is 30.5 Å². The predicted molar refractivity (Wildman–Crippen MR) is 105 cm³/mol. The normalized spacial score (nSPS) is 14.5. The Balaban J connectivity index is 1.56. The third-order valence-electron chi connectivity index (χ3n) is 4.46. The van der Waals surface area contributed by atoms with E-state index in [0.29, 0.717) is 12.5 Å². The zero-order valence-corrected chi connectivity index (χ0v) is 17.0. The lowest BCUT2D eigenvalue weighted by molar-refractivity contribution is 0.206. The highest BCUT2D eigenvalue weighted by atomic mass is 32.1. The summed E-state index contributed by atoms with van der Waals surface area (Å²) in [6, 6.07) is 6.57. The van der Waals surface area contributed by atoms with E-state index in [0.717, 1.165) is 31.9 Å². The number of nitrogens with one attached hydrogen (secondary N) is 1. The molecule has 3 rings (SSSR count). The van der Waals surface area contributed by atoms with Crippen molar-refractivity contribution in [2.75, 3.05) is 20.6 Å². The Hall–Kier alpha value is -1.86. The van der Waals surface area contributed by atoms with Gasteiger partial charge in [0, 0.05) is 43.5 Å². The molecule has 1 aliphatic rings. The molecule has 7 heteroatoms. The van der Waals surface area contributed by atoms with E-state index in [1.54, 1.807) is 14.1 Å². The molecule has 3 heterocycles. The Morgan fingerprint density at radius 3 is 2.81 bits per heavy atom. The van der Waals surface area contributed by atoms with Gasteiger partial charge in [-0.2, -0.15) is 5.10 Å². The number of thiophene rings is 1. The minimum Gasteiger partial charge on any atom is -0.332 e. The van der Waals surface area contributed by atoms with Crippen LogP contribution < -0.4 is 5.32 Å². The van der Waals surface area contributed by atoms with Gasteiger partial charge in [0.25, 0.3) is 0 Å². The third kappa shape index (κ3) is 4.86. The average molecular weight is 376 g/mol. The number of fused-ring (bicyclic) bond motifs is 1. The average Bonchev–Trinajstić information content (AvgIpc) is 3.17. The fourth-order valence-corrected chi connectivity index (χ4v) is 4.44. The van der Waals surface area contributed by atoms with Crippen molar-refractivity contribution >= 4 is 17.4 Å². The number of carbonyl (C=O) groups is 1. The summed E-state index contributed by atoms with van der Waals surface area (Å²) in [5.41, 5.74) is 2.15. The van der Waals surface area contributed by atoms with Crippen molar-refractivity contribution < 1.29 is 4.79 Å². The van der Waals surface area contributed by atoms with Crippen molar-refractivity contribution in [3.63, 3.8) is 0 Å². The molecule has 2 amide bonds. The maximum absolute atomic E-state index is 11.7. The van der Waals surface area contributed by atoms with Gasteiger partial charge in [0.15, 0.2) is 0 Å². The Kier molecular flexibility index (Phi) is 5.98. The lowest BCUT2D eigenvalue weighted by Crippen LogP contribution is -2.34. The number of hydrogen-bond donors (Lipinski definition) is 1. The largest absolute Gasteiger partial charge is 0.332 e. The number of carbonyl (C=O) groups excluding carboxylic acids is 1. The monoisotopic (exact) mass is 375 g/mol. The van der Waals surface area contributed by atoms with Crippen LogP contribution in [0.2, 0.25) is 0 Å². The van der Waals surface area contributed by atoms with E-state index in [1.807, 2.05) is 11.3 Å². The smallest absolute Gasteiger partial charge is 0.317 e.